The van der Waals surface area contributed by atoms with Crippen molar-refractivity contribution in [2.24, 2.45) is 0 Å². The van der Waals surface area contributed by atoms with Crippen molar-refractivity contribution >= 4 is 23.3 Å². The molecule has 36 heavy (non-hydrogen) atoms. The number of carbonyl (C=O) groups excluding carboxylic acids is 2. The number of esters is 2. The Labute approximate surface area is 220 Å². The number of allylic oxidation sites excluding steroid dienone is 6. The van der Waals surface area contributed by atoms with Gasteiger partial charge in [-0.1, -0.05) is 47.6 Å². The van der Waals surface area contributed by atoms with Gasteiger partial charge in [-0.2, -0.15) is 0 Å². The van der Waals surface area contributed by atoms with Gasteiger partial charge in [0.15, 0.2) is 0 Å². The fraction of sp³-hybridized carbons (Fsp3) is 0.483. The van der Waals surface area contributed by atoms with Crippen LogP contribution in [0.5, 0.6) is 0 Å². The fourth-order valence-electron chi connectivity index (χ4n) is 3.68. The van der Waals surface area contributed by atoms with Gasteiger partial charge in [0.1, 0.15) is 12.2 Å². The standard InChI is InChI=1S/C29H40N2O4S/c1-22-13-11-16-29(33)35-26(19-23(2)12-7-6-10-17-31(4)5)20-25-21-36-27(30-25)14-8-9-15-28(32)34-24(3)18-22/h6-7,10-13,16,19,21,24,26H,8-9,14-15,17-18,20H2,1-5H3/b10-6+,12-7+,16-11-,22-13-,23-19+/t24-,26-/m1/s1. The topological polar surface area (TPSA) is 68.7 Å². The Morgan fingerprint density at radius 2 is 1.94 bits per heavy atom. The van der Waals surface area contributed by atoms with Crippen molar-refractivity contribution < 1.29 is 19.1 Å². The van der Waals surface area contributed by atoms with E-state index in [1.54, 1.807) is 17.4 Å². The Morgan fingerprint density at radius 1 is 1.17 bits per heavy atom. The summed E-state index contributed by atoms with van der Waals surface area (Å²) in [5.41, 5.74) is 2.93. The molecule has 1 aliphatic heterocycles. The highest BCUT2D eigenvalue weighted by molar-refractivity contribution is 7.09. The molecule has 0 saturated heterocycles. The molecule has 2 bridgehead atoms. The Bertz CT molecular complexity index is 1000. The van der Waals surface area contributed by atoms with Crippen molar-refractivity contribution in [3.63, 3.8) is 0 Å². The third kappa shape index (κ3) is 12.8. The van der Waals surface area contributed by atoms with Gasteiger partial charge in [0.05, 0.1) is 10.7 Å². The van der Waals surface area contributed by atoms with Crippen LogP contribution >= 0.6 is 11.3 Å². The van der Waals surface area contributed by atoms with E-state index >= 15 is 0 Å². The van der Waals surface area contributed by atoms with Crippen LogP contribution in [0.25, 0.3) is 0 Å². The average molecular weight is 513 g/mol. The molecular formula is C29H40N2O4S. The maximum absolute atomic E-state index is 12.6. The van der Waals surface area contributed by atoms with E-state index in [0.29, 0.717) is 19.3 Å². The lowest BCUT2D eigenvalue weighted by molar-refractivity contribution is -0.148. The van der Waals surface area contributed by atoms with Crippen LogP contribution in [0.2, 0.25) is 0 Å². The number of aromatic nitrogens is 1. The molecule has 2 heterocycles. The molecule has 1 aromatic heterocycles. The molecule has 0 fully saturated rings. The highest BCUT2D eigenvalue weighted by atomic mass is 32.1. The van der Waals surface area contributed by atoms with E-state index in [2.05, 4.69) is 11.0 Å². The first-order chi connectivity index (χ1) is 17.2. The highest BCUT2D eigenvalue weighted by Gasteiger charge is 2.15. The number of hydrogen-bond acceptors (Lipinski definition) is 7. The smallest absolute Gasteiger partial charge is 0.331 e. The molecule has 0 saturated carbocycles. The lowest BCUT2D eigenvalue weighted by atomic mass is 10.1. The van der Waals surface area contributed by atoms with Gasteiger partial charge in [0, 0.05) is 37.3 Å². The Hall–Kier alpha value is -2.77. The summed E-state index contributed by atoms with van der Waals surface area (Å²) in [6, 6.07) is 0. The van der Waals surface area contributed by atoms with Crippen LogP contribution in [-0.2, 0) is 31.9 Å². The van der Waals surface area contributed by atoms with E-state index in [4.69, 9.17) is 14.5 Å². The molecule has 2 rings (SSSR count). The number of cyclic esters (lactones) is 2. The molecule has 196 valence electrons. The number of aryl methyl sites for hydroxylation is 1. The number of hydrogen-bond donors (Lipinski definition) is 0. The summed E-state index contributed by atoms with van der Waals surface area (Å²) in [5, 5.41) is 3.05. The minimum absolute atomic E-state index is 0.167. The van der Waals surface area contributed by atoms with Gasteiger partial charge in [-0.3, -0.25) is 4.79 Å². The van der Waals surface area contributed by atoms with E-state index in [-0.39, 0.29) is 12.1 Å². The van der Waals surface area contributed by atoms with Gasteiger partial charge in [0.2, 0.25) is 0 Å². The Morgan fingerprint density at radius 3 is 2.72 bits per heavy atom. The van der Waals surface area contributed by atoms with Crippen molar-refractivity contribution in [1.29, 1.82) is 0 Å². The number of fused-ring (bicyclic) bond motifs is 2. The zero-order valence-electron chi connectivity index (χ0n) is 22.2. The first-order valence-corrected chi connectivity index (χ1v) is 13.4. The predicted octanol–water partition coefficient (Wildman–Crippen LogP) is 5.77. The van der Waals surface area contributed by atoms with Crippen LogP contribution in [0.1, 0.15) is 57.2 Å². The largest absolute Gasteiger partial charge is 0.462 e. The first kappa shape index (κ1) is 29.5. The zero-order valence-corrected chi connectivity index (χ0v) is 23.1. The maximum Gasteiger partial charge on any atom is 0.331 e. The molecule has 0 amide bonds. The monoisotopic (exact) mass is 512 g/mol. The second-order valence-electron chi connectivity index (χ2n) is 9.46. The van der Waals surface area contributed by atoms with Crippen LogP contribution in [0.4, 0.5) is 0 Å². The molecule has 0 radical (unpaired) electrons. The van der Waals surface area contributed by atoms with Crippen LogP contribution in [0.15, 0.2) is 65.1 Å². The molecule has 0 aliphatic carbocycles. The van der Waals surface area contributed by atoms with Crippen molar-refractivity contribution in [3.8, 4) is 0 Å². The first-order valence-electron chi connectivity index (χ1n) is 12.5. The summed E-state index contributed by atoms with van der Waals surface area (Å²) in [6.45, 7) is 6.72. The second kappa shape index (κ2) is 16.1. The number of rotatable bonds is 5. The van der Waals surface area contributed by atoms with Crippen LogP contribution in [-0.4, -0.2) is 54.7 Å². The average Bonchev–Trinajstić information content (AvgIpc) is 3.22. The Balaban J connectivity index is 2.18. The fourth-order valence-corrected chi connectivity index (χ4v) is 4.53. The van der Waals surface area contributed by atoms with Gasteiger partial charge in [-0.25, -0.2) is 9.78 Å². The molecule has 0 aromatic carbocycles. The normalized spacial score (nSPS) is 24.1. The van der Waals surface area contributed by atoms with Gasteiger partial charge in [-0.05, 0) is 60.2 Å². The number of ether oxygens (including phenoxy) is 2. The summed E-state index contributed by atoms with van der Waals surface area (Å²) >= 11 is 1.61. The van der Waals surface area contributed by atoms with Crippen LogP contribution in [0.3, 0.4) is 0 Å². The minimum Gasteiger partial charge on any atom is -0.462 e. The highest BCUT2D eigenvalue weighted by Crippen LogP contribution is 2.18. The second-order valence-corrected chi connectivity index (χ2v) is 10.4. The summed E-state index contributed by atoms with van der Waals surface area (Å²) in [5.74, 6) is -0.574. The number of likely N-dealkylation sites (N-methyl/N-ethyl adjacent to an activating group) is 1. The van der Waals surface area contributed by atoms with Crippen molar-refractivity contribution in [2.45, 2.75) is 71.5 Å². The molecule has 0 spiro atoms. The molecule has 1 aromatic rings. The maximum atomic E-state index is 12.6. The van der Waals surface area contributed by atoms with E-state index in [1.165, 1.54) is 6.08 Å². The summed E-state index contributed by atoms with van der Waals surface area (Å²) in [7, 11) is 4.06. The van der Waals surface area contributed by atoms with E-state index in [9.17, 15) is 9.59 Å². The van der Waals surface area contributed by atoms with Gasteiger partial charge < -0.3 is 14.4 Å². The lowest BCUT2D eigenvalue weighted by Gasteiger charge is -2.13. The van der Waals surface area contributed by atoms with Gasteiger partial charge in [0.25, 0.3) is 0 Å². The summed E-state index contributed by atoms with van der Waals surface area (Å²) in [6.07, 6.45) is 18.4. The third-order valence-electron chi connectivity index (χ3n) is 5.38. The Kier molecular flexibility index (Phi) is 13.1. The van der Waals surface area contributed by atoms with E-state index in [0.717, 1.165) is 47.7 Å². The molecule has 6 nitrogen and oxygen atoms in total. The van der Waals surface area contributed by atoms with Gasteiger partial charge >= 0.3 is 11.9 Å². The lowest BCUT2D eigenvalue weighted by Crippen LogP contribution is -2.18. The number of nitrogens with zero attached hydrogens (tertiary/aromatic N) is 2. The quantitative estimate of drug-likeness (QED) is 0.369. The minimum atomic E-state index is -0.425. The van der Waals surface area contributed by atoms with Crippen LogP contribution in [0, 0.1) is 0 Å². The zero-order chi connectivity index (χ0) is 26.3. The van der Waals surface area contributed by atoms with Crippen molar-refractivity contribution in [1.82, 2.24) is 9.88 Å². The molecule has 0 unspecified atom stereocenters. The molecule has 7 heteroatoms. The predicted molar refractivity (Wildman–Crippen MR) is 147 cm³/mol. The molecular weight excluding hydrogens is 472 g/mol. The van der Waals surface area contributed by atoms with Crippen LogP contribution < -0.4 is 0 Å². The number of carbonyl (C=O) groups is 2. The van der Waals surface area contributed by atoms with E-state index in [1.807, 2.05) is 70.6 Å². The summed E-state index contributed by atoms with van der Waals surface area (Å²) < 4.78 is 11.3. The molecule has 1 aliphatic rings. The van der Waals surface area contributed by atoms with Crippen molar-refractivity contribution in [3.05, 3.63) is 75.8 Å². The van der Waals surface area contributed by atoms with E-state index < -0.39 is 12.1 Å². The number of thiazole rings is 1. The van der Waals surface area contributed by atoms with Gasteiger partial charge in [-0.15, -0.1) is 11.3 Å². The third-order valence-corrected chi connectivity index (χ3v) is 6.34. The molecule has 2 atom stereocenters. The SMILES string of the molecule is C/C1=C/C=C\C(=O)O[C@H](/C=C(C)/C=C/C=C/CN(C)C)Cc2csc(n2)CCCCC(=O)O[C@H](C)C1. The molecule has 0 N–H and O–H groups in total. The van der Waals surface area contributed by atoms with Crippen molar-refractivity contribution in [2.75, 3.05) is 20.6 Å². The summed E-state index contributed by atoms with van der Waals surface area (Å²) in [4.78, 5) is 31.5.